The summed E-state index contributed by atoms with van der Waals surface area (Å²) in [4.78, 5) is 2.40. The predicted octanol–water partition coefficient (Wildman–Crippen LogP) is 0.115. The fourth-order valence-corrected chi connectivity index (χ4v) is 2.06. The molecule has 3 nitrogen and oxygen atoms in total. The van der Waals surface area contributed by atoms with Gasteiger partial charge >= 0.3 is 0 Å². The number of nitrogens with zero attached hydrogens (tertiary/aromatic N) is 1. The Balaban J connectivity index is 1.93. The zero-order valence-corrected chi connectivity index (χ0v) is 7.47. The number of hydrogen-bond acceptors (Lipinski definition) is 3. The van der Waals surface area contributed by atoms with Gasteiger partial charge in [-0.05, 0) is 19.4 Å². The maximum absolute atomic E-state index is 4.00. The van der Waals surface area contributed by atoms with E-state index in [0.29, 0.717) is 6.04 Å². The van der Waals surface area contributed by atoms with Crippen LogP contribution < -0.4 is 10.6 Å². The van der Waals surface area contributed by atoms with Crippen LogP contribution in [0.2, 0.25) is 0 Å². The highest BCUT2D eigenvalue weighted by molar-refractivity contribution is 5.01. The Bertz CT molecular complexity index is 173. The molecule has 0 amide bonds. The standard InChI is InChI=1S/C9H17N3/c1-8-11-5-6-12(8)9-3-2-4-10-7-9/h9-11H,1-7H2. The van der Waals surface area contributed by atoms with Crippen molar-refractivity contribution in [2.75, 3.05) is 26.2 Å². The van der Waals surface area contributed by atoms with Crippen molar-refractivity contribution in [1.82, 2.24) is 15.5 Å². The van der Waals surface area contributed by atoms with Crippen LogP contribution in [0, 0.1) is 0 Å². The van der Waals surface area contributed by atoms with E-state index in [1.165, 1.54) is 19.4 Å². The number of hydrogen-bond donors (Lipinski definition) is 2. The van der Waals surface area contributed by atoms with E-state index in [1.807, 2.05) is 0 Å². The summed E-state index contributed by atoms with van der Waals surface area (Å²) in [6.07, 6.45) is 2.61. The first-order chi connectivity index (χ1) is 5.88. The number of piperidine rings is 1. The molecule has 2 aliphatic heterocycles. The van der Waals surface area contributed by atoms with E-state index in [4.69, 9.17) is 0 Å². The van der Waals surface area contributed by atoms with Crippen LogP contribution >= 0.6 is 0 Å². The molecule has 0 bridgehead atoms. The van der Waals surface area contributed by atoms with E-state index in [-0.39, 0.29) is 0 Å². The second kappa shape index (κ2) is 3.35. The van der Waals surface area contributed by atoms with Gasteiger partial charge in [0.2, 0.25) is 0 Å². The highest BCUT2D eigenvalue weighted by Crippen LogP contribution is 2.15. The van der Waals surface area contributed by atoms with Gasteiger partial charge in [-0.3, -0.25) is 0 Å². The van der Waals surface area contributed by atoms with E-state index in [9.17, 15) is 0 Å². The van der Waals surface area contributed by atoms with Crippen LogP contribution in [-0.2, 0) is 0 Å². The first kappa shape index (κ1) is 7.92. The third kappa shape index (κ3) is 1.41. The van der Waals surface area contributed by atoms with Crippen molar-refractivity contribution in [2.45, 2.75) is 18.9 Å². The third-order valence-electron chi connectivity index (χ3n) is 2.74. The molecular weight excluding hydrogens is 150 g/mol. The zero-order valence-electron chi connectivity index (χ0n) is 7.47. The molecule has 2 rings (SSSR count). The van der Waals surface area contributed by atoms with Gasteiger partial charge in [0.25, 0.3) is 0 Å². The molecule has 2 saturated heterocycles. The van der Waals surface area contributed by atoms with Crippen molar-refractivity contribution >= 4 is 0 Å². The normalized spacial score (nSPS) is 30.5. The maximum Gasteiger partial charge on any atom is 0.0942 e. The second-order valence-corrected chi connectivity index (χ2v) is 3.57. The Morgan fingerprint density at radius 1 is 1.42 bits per heavy atom. The van der Waals surface area contributed by atoms with Crippen molar-refractivity contribution in [2.24, 2.45) is 0 Å². The molecule has 0 saturated carbocycles. The summed E-state index contributed by atoms with van der Waals surface area (Å²) in [5, 5.41) is 6.69. The molecule has 2 N–H and O–H groups in total. The predicted molar refractivity (Wildman–Crippen MR) is 49.7 cm³/mol. The molecule has 2 heterocycles. The van der Waals surface area contributed by atoms with E-state index >= 15 is 0 Å². The quantitative estimate of drug-likeness (QED) is 0.580. The second-order valence-electron chi connectivity index (χ2n) is 3.57. The summed E-state index contributed by atoms with van der Waals surface area (Å²) < 4.78 is 0. The van der Waals surface area contributed by atoms with Gasteiger partial charge in [0.05, 0.1) is 5.82 Å². The van der Waals surface area contributed by atoms with Crippen LogP contribution in [0.25, 0.3) is 0 Å². The summed E-state index contributed by atoms with van der Waals surface area (Å²) in [7, 11) is 0. The molecular formula is C9H17N3. The van der Waals surface area contributed by atoms with Gasteiger partial charge < -0.3 is 15.5 Å². The zero-order chi connectivity index (χ0) is 8.39. The molecule has 0 aliphatic carbocycles. The average Bonchev–Trinajstić information content (AvgIpc) is 2.53. The Kier molecular flexibility index (Phi) is 2.21. The lowest BCUT2D eigenvalue weighted by molar-refractivity contribution is 0.238. The van der Waals surface area contributed by atoms with Crippen LogP contribution in [-0.4, -0.2) is 37.1 Å². The van der Waals surface area contributed by atoms with Crippen LogP contribution in [0.5, 0.6) is 0 Å². The van der Waals surface area contributed by atoms with Gasteiger partial charge in [0, 0.05) is 25.7 Å². The van der Waals surface area contributed by atoms with E-state index in [2.05, 4.69) is 22.1 Å². The van der Waals surface area contributed by atoms with Crippen LogP contribution in [0.4, 0.5) is 0 Å². The van der Waals surface area contributed by atoms with E-state index in [0.717, 1.165) is 25.5 Å². The van der Waals surface area contributed by atoms with Gasteiger partial charge in [-0.25, -0.2) is 0 Å². The largest absolute Gasteiger partial charge is 0.370 e. The molecule has 2 aliphatic rings. The van der Waals surface area contributed by atoms with Crippen molar-refractivity contribution in [3.05, 3.63) is 12.4 Å². The van der Waals surface area contributed by atoms with E-state index in [1.54, 1.807) is 0 Å². The summed E-state index contributed by atoms with van der Waals surface area (Å²) in [5.41, 5.74) is 0. The molecule has 3 heteroatoms. The summed E-state index contributed by atoms with van der Waals surface area (Å²) in [6, 6.07) is 0.682. The van der Waals surface area contributed by atoms with Gasteiger partial charge in [0.1, 0.15) is 0 Å². The number of rotatable bonds is 1. The van der Waals surface area contributed by atoms with Gasteiger partial charge in [0.15, 0.2) is 0 Å². The average molecular weight is 167 g/mol. The minimum Gasteiger partial charge on any atom is -0.370 e. The summed E-state index contributed by atoms with van der Waals surface area (Å²) >= 11 is 0. The van der Waals surface area contributed by atoms with Gasteiger partial charge in [-0.15, -0.1) is 0 Å². The van der Waals surface area contributed by atoms with Gasteiger partial charge in [-0.1, -0.05) is 6.58 Å². The SMILES string of the molecule is C=C1NCCN1C1CCCNC1. The lowest BCUT2D eigenvalue weighted by atomic mass is 10.1. The Morgan fingerprint density at radius 2 is 2.33 bits per heavy atom. The number of nitrogens with one attached hydrogen (secondary N) is 2. The Morgan fingerprint density at radius 3 is 2.92 bits per heavy atom. The molecule has 0 aromatic rings. The summed E-state index contributed by atoms with van der Waals surface area (Å²) in [5.74, 6) is 1.11. The molecule has 1 unspecified atom stereocenters. The summed E-state index contributed by atoms with van der Waals surface area (Å²) in [6.45, 7) is 8.50. The monoisotopic (exact) mass is 167 g/mol. The highest BCUT2D eigenvalue weighted by atomic mass is 15.3. The fourth-order valence-electron chi connectivity index (χ4n) is 2.06. The van der Waals surface area contributed by atoms with Crippen LogP contribution in [0.15, 0.2) is 12.4 Å². The van der Waals surface area contributed by atoms with E-state index < -0.39 is 0 Å². The Labute approximate surface area is 73.8 Å². The van der Waals surface area contributed by atoms with Crippen LogP contribution in [0.3, 0.4) is 0 Å². The van der Waals surface area contributed by atoms with Crippen molar-refractivity contribution < 1.29 is 0 Å². The molecule has 2 fully saturated rings. The molecule has 68 valence electrons. The molecule has 1 atom stereocenters. The van der Waals surface area contributed by atoms with Crippen molar-refractivity contribution in [3.63, 3.8) is 0 Å². The topological polar surface area (TPSA) is 27.3 Å². The molecule has 0 radical (unpaired) electrons. The maximum atomic E-state index is 4.00. The molecule has 12 heavy (non-hydrogen) atoms. The smallest absolute Gasteiger partial charge is 0.0942 e. The minimum absolute atomic E-state index is 0.682. The molecule has 0 aromatic heterocycles. The lowest BCUT2D eigenvalue weighted by Gasteiger charge is -2.32. The lowest BCUT2D eigenvalue weighted by Crippen LogP contribution is -2.44. The third-order valence-corrected chi connectivity index (χ3v) is 2.74. The minimum atomic E-state index is 0.682. The van der Waals surface area contributed by atoms with Crippen molar-refractivity contribution in [3.8, 4) is 0 Å². The Hall–Kier alpha value is -0.700. The molecule has 0 spiro atoms. The molecule has 0 aromatic carbocycles. The fraction of sp³-hybridized carbons (Fsp3) is 0.778. The highest BCUT2D eigenvalue weighted by Gasteiger charge is 2.24. The van der Waals surface area contributed by atoms with Gasteiger partial charge in [-0.2, -0.15) is 0 Å². The first-order valence-corrected chi connectivity index (χ1v) is 4.78. The first-order valence-electron chi connectivity index (χ1n) is 4.78. The van der Waals surface area contributed by atoms with Crippen LogP contribution in [0.1, 0.15) is 12.8 Å². The van der Waals surface area contributed by atoms with Crippen molar-refractivity contribution in [1.29, 1.82) is 0 Å².